The van der Waals surface area contributed by atoms with Crippen LogP contribution in [0.2, 0.25) is 0 Å². The third-order valence-corrected chi connectivity index (χ3v) is 7.86. The summed E-state index contributed by atoms with van der Waals surface area (Å²) >= 11 is 0. The molecule has 0 amide bonds. The fourth-order valence-electron chi connectivity index (χ4n) is 6.62. The molecule has 0 spiro atoms. The molecule has 0 saturated carbocycles. The van der Waals surface area contributed by atoms with Crippen LogP contribution in [-0.4, -0.2) is 0 Å². The predicted octanol–water partition coefficient (Wildman–Crippen LogP) is 9.23. The van der Waals surface area contributed by atoms with Gasteiger partial charge in [-0.25, -0.2) is 0 Å². The zero-order valence-corrected chi connectivity index (χ0v) is 17.2. The van der Waals surface area contributed by atoms with Crippen LogP contribution < -0.4 is 0 Å². The lowest BCUT2D eigenvalue weighted by Gasteiger charge is -2.22. The van der Waals surface area contributed by atoms with Gasteiger partial charge in [-0.05, 0) is 92.2 Å². The molecule has 0 unspecified atom stereocenters. The van der Waals surface area contributed by atoms with E-state index >= 15 is 0 Å². The summed E-state index contributed by atoms with van der Waals surface area (Å²) in [5, 5.41) is 22.1. The quantitative estimate of drug-likeness (QED) is 0.176. The Hall–Kier alpha value is -4.16. The summed E-state index contributed by atoms with van der Waals surface area (Å²) < 4.78 is 0. The molecule has 0 fully saturated rings. The number of rotatable bonds is 0. The minimum Gasteiger partial charge on any atom is -0.0616 e. The lowest BCUT2D eigenvalue weighted by atomic mass is 9.81. The smallest absolute Gasteiger partial charge is 0.000740 e. The standard InChI is InChI=1S/C32H16/c1-2-6-21-20(4-1)16-26-25-15-12-18-9-8-17-5-3-7-22-24-14-11-19-10-13-23(21)30(26)29(19)31(24)32(25)28(18)27(17)22/h1-16H. The Bertz CT molecular complexity index is 2180. The molecule has 0 heteroatoms. The Morgan fingerprint density at radius 1 is 0.250 bits per heavy atom. The van der Waals surface area contributed by atoms with E-state index < -0.39 is 0 Å². The van der Waals surface area contributed by atoms with Gasteiger partial charge in [0.2, 0.25) is 0 Å². The van der Waals surface area contributed by atoms with Crippen molar-refractivity contribution in [3.8, 4) is 0 Å². The molecule has 0 saturated heterocycles. The van der Waals surface area contributed by atoms with E-state index in [1.807, 2.05) is 0 Å². The minimum absolute atomic E-state index is 1.32. The Balaban J connectivity index is 1.79. The molecule has 0 radical (unpaired) electrons. The maximum atomic E-state index is 2.42. The largest absolute Gasteiger partial charge is 0.0616 e. The highest BCUT2D eigenvalue weighted by Crippen LogP contribution is 2.50. The van der Waals surface area contributed by atoms with Gasteiger partial charge in [0.1, 0.15) is 0 Å². The van der Waals surface area contributed by atoms with Crippen LogP contribution in [0.4, 0.5) is 0 Å². The van der Waals surface area contributed by atoms with Crippen molar-refractivity contribution in [3.05, 3.63) is 97.1 Å². The molecule has 0 heterocycles. The Labute approximate surface area is 183 Å². The van der Waals surface area contributed by atoms with E-state index in [-0.39, 0.29) is 0 Å². The SMILES string of the molecule is c1ccc2c(c1)cc1c3ccc4ccc5cccc6c7ccc8ccc2c1c8c7c3c4c56. The summed E-state index contributed by atoms with van der Waals surface area (Å²) in [4.78, 5) is 0. The van der Waals surface area contributed by atoms with Crippen molar-refractivity contribution >= 4 is 86.2 Å². The van der Waals surface area contributed by atoms with Crippen LogP contribution in [0.3, 0.4) is 0 Å². The molecule has 0 bridgehead atoms. The number of hydrogen-bond donors (Lipinski definition) is 0. The van der Waals surface area contributed by atoms with Crippen LogP contribution in [0.5, 0.6) is 0 Å². The average Bonchev–Trinajstić information content (AvgIpc) is 2.86. The van der Waals surface area contributed by atoms with Gasteiger partial charge < -0.3 is 0 Å². The molecular weight excluding hydrogens is 384 g/mol. The highest BCUT2D eigenvalue weighted by molar-refractivity contribution is 6.48. The van der Waals surface area contributed by atoms with Gasteiger partial charge in [-0.2, -0.15) is 0 Å². The molecule has 0 aliphatic rings. The number of fused-ring (bicyclic) bond motifs is 4. The maximum Gasteiger partial charge on any atom is -0.000740 e. The zero-order valence-electron chi connectivity index (χ0n) is 17.2. The first-order valence-corrected chi connectivity index (χ1v) is 11.3. The van der Waals surface area contributed by atoms with Gasteiger partial charge in [0.25, 0.3) is 0 Å². The number of hydrogen-bond acceptors (Lipinski definition) is 0. The number of benzene rings is 9. The van der Waals surface area contributed by atoms with Crippen LogP contribution in [0, 0.1) is 0 Å². The van der Waals surface area contributed by atoms with Crippen LogP contribution in [0.25, 0.3) is 86.2 Å². The summed E-state index contributed by atoms with van der Waals surface area (Å²) in [5.74, 6) is 0. The van der Waals surface area contributed by atoms with Crippen LogP contribution in [0.1, 0.15) is 0 Å². The van der Waals surface area contributed by atoms with Crippen molar-refractivity contribution in [1.29, 1.82) is 0 Å². The molecule has 9 aromatic carbocycles. The molecule has 9 rings (SSSR count). The first kappa shape index (κ1) is 15.6. The van der Waals surface area contributed by atoms with Gasteiger partial charge in [-0.15, -0.1) is 0 Å². The zero-order chi connectivity index (χ0) is 20.6. The first-order chi connectivity index (χ1) is 15.9. The summed E-state index contributed by atoms with van der Waals surface area (Å²) in [6.45, 7) is 0. The fourth-order valence-corrected chi connectivity index (χ4v) is 6.62. The second-order valence-electron chi connectivity index (χ2n) is 9.28. The highest BCUT2D eigenvalue weighted by Gasteiger charge is 2.22. The van der Waals surface area contributed by atoms with E-state index in [2.05, 4.69) is 97.1 Å². The van der Waals surface area contributed by atoms with Crippen molar-refractivity contribution in [2.45, 2.75) is 0 Å². The van der Waals surface area contributed by atoms with Crippen molar-refractivity contribution in [2.75, 3.05) is 0 Å². The van der Waals surface area contributed by atoms with Crippen molar-refractivity contribution in [3.63, 3.8) is 0 Å². The summed E-state index contributed by atoms with van der Waals surface area (Å²) in [6, 6.07) is 36.6. The second kappa shape index (κ2) is 5.00. The van der Waals surface area contributed by atoms with E-state index in [0.29, 0.717) is 0 Å². The molecule has 144 valence electrons. The Kier molecular flexibility index (Phi) is 2.44. The predicted molar refractivity (Wildman–Crippen MR) is 140 cm³/mol. The molecule has 9 aromatic rings. The second-order valence-corrected chi connectivity index (χ2v) is 9.28. The molecule has 0 aromatic heterocycles. The van der Waals surface area contributed by atoms with E-state index in [9.17, 15) is 0 Å². The first-order valence-electron chi connectivity index (χ1n) is 11.3. The van der Waals surface area contributed by atoms with Crippen molar-refractivity contribution in [2.24, 2.45) is 0 Å². The van der Waals surface area contributed by atoms with Crippen LogP contribution in [-0.2, 0) is 0 Å². The third kappa shape index (κ3) is 1.57. The van der Waals surface area contributed by atoms with Gasteiger partial charge >= 0.3 is 0 Å². The molecule has 0 N–H and O–H groups in total. The molecule has 0 atom stereocenters. The van der Waals surface area contributed by atoms with E-state index in [0.717, 1.165) is 0 Å². The summed E-state index contributed by atoms with van der Waals surface area (Å²) in [7, 11) is 0. The Morgan fingerprint density at radius 2 is 0.750 bits per heavy atom. The Morgan fingerprint density at radius 3 is 1.53 bits per heavy atom. The van der Waals surface area contributed by atoms with Gasteiger partial charge in [-0.3, -0.25) is 0 Å². The van der Waals surface area contributed by atoms with E-state index in [4.69, 9.17) is 0 Å². The van der Waals surface area contributed by atoms with Crippen LogP contribution in [0.15, 0.2) is 97.1 Å². The maximum absolute atomic E-state index is 2.42. The van der Waals surface area contributed by atoms with Gasteiger partial charge in [0.15, 0.2) is 0 Å². The van der Waals surface area contributed by atoms with Gasteiger partial charge in [0, 0.05) is 0 Å². The molecule has 0 nitrogen and oxygen atoms in total. The topological polar surface area (TPSA) is 0 Å². The summed E-state index contributed by atoms with van der Waals surface area (Å²) in [6.07, 6.45) is 0. The molecule has 0 aliphatic heterocycles. The molecule has 0 aliphatic carbocycles. The lowest BCUT2D eigenvalue weighted by Crippen LogP contribution is -1.93. The molecular formula is C32H16. The fraction of sp³-hybridized carbons (Fsp3) is 0. The monoisotopic (exact) mass is 400 g/mol. The third-order valence-electron chi connectivity index (χ3n) is 7.86. The average molecular weight is 400 g/mol. The van der Waals surface area contributed by atoms with E-state index in [1.54, 1.807) is 0 Å². The van der Waals surface area contributed by atoms with Crippen molar-refractivity contribution < 1.29 is 0 Å². The van der Waals surface area contributed by atoms with Crippen LogP contribution >= 0.6 is 0 Å². The normalized spacial score (nSPS) is 13.0. The van der Waals surface area contributed by atoms with Crippen molar-refractivity contribution in [1.82, 2.24) is 0 Å². The molecule has 32 heavy (non-hydrogen) atoms. The van der Waals surface area contributed by atoms with Gasteiger partial charge in [-0.1, -0.05) is 91.0 Å². The minimum atomic E-state index is 1.32. The summed E-state index contributed by atoms with van der Waals surface area (Å²) in [5.41, 5.74) is 0. The van der Waals surface area contributed by atoms with Gasteiger partial charge in [0.05, 0.1) is 0 Å². The lowest BCUT2D eigenvalue weighted by molar-refractivity contribution is 1.80. The van der Waals surface area contributed by atoms with E-state index in [1.165, 1.54) is 86.2 Å². The highest BCUT2D eigenvalue weighted by atomic mass is 14.2.